The topological polar surface area (TPSA) is 75.8 Å². The van der Waals surface area contributed by atoms with E-state index in [2.05, 4.69) is 26.8 Å². The first kappa shape index (κ1) is 18.1. The van der Waals surface area contributed by atoms with Crippen LogP contribution in [0.15, 0.2) is 58.1 Å². The van der Waals surface area contributed by atoms with Crippen molar-refractivity contribution in [2.75, 3.05) is 18.0 Å². The summed E-state index contributed by atoms with van der Waals surface area (Å²) in [6.07, 6.45) is 8.08. The molecular weight excluding hydrogens is 386 g/mol. The van der Waals surface area contributed by atoms with Gasteiger partial charge in [-0.2, -0.15) is 4.98 Å². The van der Waals surface area contributed by atoms with Crippen molar-refractivity contribution in [1.82, 2.24) is 15.3 Å². The Hall–Kier alpha value is -2.97. The highest BCUT2D eigenvalue weighted by Crippen LogP contribution is 2.38. The average molecular weight is 407 g/mol. The number of anilines is 1. The quantitative estimate of drug-likeness (QED) is 0.509. The SMILES string of the molecule is C=CC(=N/C=C\C)Oc1ccc(-c2nccs2)c2oc(N3CC4CC(C3)N4)nc12. The first-order valence-electron chi connectivity index (χ1n) is 9.59. The first-order valence-corrected chi connectivity index (χ1v) is 10.5. The van der Waals surface area contributed by atoms with Crippen molar-refractivity contribution < 1.29 is 9.15 Å². The zero-order valence-corrected chi connectivity index (χ0v) is 16.9. The molecule has 6 rings (SSSR count). The summed E-state index contributed by atoms with van der Waals surface area (Å²) < 4.78 is 12.3. The van der Waals surface area contributed by atoms with Crippen LogP contribution in [0.1, 0.15) is 13.3 Å². The molecule has 2 unspecified atom stereocenters. The number of nitrogens with one attached hydrogen (secondary N) is 1. The van der Waals surface area contributed by atoms with E-state index < -0.39 is 0 Å². The van der Waals surface area contributed by atoms with Crippen LogP contribution in [0.5, 0.6) is 5.75 Å². The third kappa shape index (κ3) is 3.34. The lowest BCUT2D eigenvalue weighted by Gasteiger charge is -2.47. The van der Waals surface area contributed by atoms with Gasteiger partial charge in [0, 0.05) is 43.0 Å². The molecule has 0 saturated carbocycles. The number of nitrogens with zero attached hydrogens (tertiary/aromatic N) is 4. The summed E-state index contributed by atoms with van der Waals surface area (Å²) in [5, 5.41) is 6.37. The third-order valence-corrected chi connectivity index (χ3v) is 5.90. The Bertz CT molecular complexity index is 1090. The van der Waals surface area contributed by atoms with Crippen LogP contribution >= 0.6 is 11.3 Å². The van der Waals surface area contributed by atoms with Gasteiger partial charge in [-0.25, -0.2) is 9.98 Å². The fraction of sp³-hybridized carbons (Fsp3) is 0.286. The Kier molecular flexibility index (Phi) is 4.65. The summed E-state index contributed by atoms with van der Waals surface area (Å²) in [5.74, 6) is 0.984. The largest absolute Gasteiger partial charge is 0.437 e. The number of aromatic nitrogens is 2. The second kappa shape index (κ2) is 7.46. The standard InChI is InChI=1S/C21H21N5O2S/c1-3-7-22-17(4-2)27-16-6-5-15(20-23-8-9-29-20)19-18(16)25-21(28-19)26-11-13-10-14(12-26)24-13/h3-9,13-14,24H,2,10-12H2,1H3/b7-3-,22-17?. The second-order valence-corrected chi connectivity index (χ2v) is 7.97. The van der Waals surface area contributed by atoms with E-state index >= 15 is 0 Å². The van der Waals surface area contributed by atoms with Crippen molar-refractivity contribution in [3.05, 3.63) is 48.6 Å². The number of ether oxygens (including phenoxy) is 1. The molecule has 0 amide bonds. The molecule has 3 aliphatic rings. The minimum atomic E-state index is 0.402. The lowest BCUT2D eigenvalue weighted by Crippen LogP contribution is -2.67. The van der Waals surface area contributed by atoms with E-state index in [1.165, 1.54) is 6.42 Å². The van der Waals surface area contributed by atoms with E-state index in [0.717, 1.165) is 23.7 Å². The number of thiazole rings is 1. The summed E-state index contributed by atoms with van der Waals surface area (Å²) in [5.41, 5.74) is 2.25. The molecule has 7 nitrogen and oxygen atoms in total. The molecule has 3 saturated heterocycles. The van der Waals surface area contributed by atoms with Crippen molar-refractivity contribution in [1.29, 1.82) is 0 Å². The van der Waals surface area contributed by atoms with Crippen molar-refractivity contribution in [3.8, 4) is 16.3 Å². The second-order valence-electron chi connectivity index (χ2n) is 7.08. The van der Waals surface area contributed by atoms with Crippen molar-refractivity contribution in [2.24, 2.45) is 4.99 Å². The fourth-order valence-corrected chi connectivity index (χ4v) is 4.43. The van der Waals surface area contributed by atoms with Crippen LogP contribution in [0.25, 0.3) is 21.7 Å². The summed E-state index contributed by atoms with van der Waals surface area (Å²) in [6.45, 7) is 7.47. The zero-order valence-electron chi connectivity index (χ0n) is 16.0. The van der Waals surface area contributed by atoms with Gasteiger partial charge in [-0.05, 0) is 31.6 Å². The summed E-state index contributed by atoms with van der Waals surface area (Å²) in [6, 6.07) is 5.49. The Morgan fingerprint density at radius 1 is 1.41 bits per heavy atom. The van der Waals surface area contributed by atoms with Crippen molar-refractivity contribution in [3.63, 3.8) is 0 Å². The lowest BCUT2D eigenvalue weighted by molar-refractivity contribution is 0.220. The zero-order chi connectivity index (χ0) is 19.8. The molecule has 5 heterocycles. The van der Waals surface area contributed by atoms with E-state index in [-0.39, 0.29) is 0 Å². The first-order chi connectivity index (χ1) is 14.2. The molecule has 0 spiro atoms. The van der Waals surface area contributed by atoms with Crippen LogP contribution in [0.4, 0.5) is 6.01 Å². The van der Waals surface area contributed by atoms with Crippen LogP contribution < -0.4 is 15.0 Å². The van der Waals surface area contributed by atoms with Crippen LogP contribution in [-0.2, 0) is 0 Å². The maximum absolute atomic E-state index is 6.26. The predicted octanol–water partition coefficient (Wildman–Crippen LogP) is 4.00. The molecule has 2 atom stereocenters. The normalized spacial score (nSPS) is 21.6. The maximum Gasteiger partial charge on any atom is 0.298 e. The van der Waals surface area contributed by atoms with E-state index in [1.54, 1.807) is 29.8 Å². The van der Waals surface area contributed by atoms with Gasteiger partial charge in [0.1, 0.15) is 5.01 Å². The van der Waals surface area contributed by atoms with E-state index in [9.17, 15) is 0 Å². The molecule has 148 valence electrons. The molecule has 1 aromatic carbocycles. The highest BCUT2D eigenvalue weighted by molar-refractivity contribution is 7.13. The predicted molar refractivity (Wildman–Crippen MR) is 116 cm³/mol. The van der Waals surface area contributed by atoms with Gasteiger partial charge < -0.3 is 19.4 Å². The minimum Gasteiger partial charge on any atom is -0.437 e. The van der Waals surface area contributed by atoms with E-state index in [1.807, 2.05) is 30.5 Å². The molecule has 1 N–H and O–H groups in total. The molecule has 29 heavy (non-hydrogen) atoms. The molecule has 3 aromatic rings. The molecule has 2 bridgehead atoms. The number of hydrogen-bond acceptors (Lipinski definition) is 8. The monoisotopic (exact) mass is 407 g/mol. The number of rotatable bonds is 5. The van der Waals surface area contributed by atoms with Gasteiger partial charge in [0.2, 0.25) is 5.90 Å². The Labute approximate surface area is 172 Å². The highest BCUT2D eigenvalue weighted by Gasteiger charge is 2.38. The number of benzene rings is 1. The van der Waals surface area contributed by atoms with Crippen LogP contribution in [0.2, 0.25) is 0 Å². The van der Waals surface area contributed by atoms with Gasteiger partial charge >= 0.3 is 0 Å². The van der Waals surface area contributed by atoms with Gasteiger partial charge in [0.15, 0.2) is 16.8 Å². The Morgan fingerprint density at radius 3 is 2.93 bits per heavy atom. The van der Waals surface area contributed by atoms with Gasteiger partial charge in [0.05, 0.1) is 5.56 Å². The third-order valence-electron chi connectivity index (χ3n) is 5.09. The van der Waals surface area contributed by atoms with Gasteiger partial charge in [-0.15, -0.1) is 11.3 Å². The summed E-state index contributed by atoms with van der Waals surface area (Å²) >= 11 is 1.57. The number of fused-ring (bicyclic) bond motifs is 3. The smallest absolute Gasteiger partial charge is 0.298 e. The van der Waals surface area contributed by atoms with Crippen molar-refractivity contribution >= 4 is 34.3 Å². The maximum atomic E-state index is 6.26. The number of allylic oxidation sites excluding steroid dienone is 1. The van der Waals surface area contributed by atoms with E-state index in [4.69, 9.17) is 14.1 Å². The van der Waals surface area contributed by atoms with Gasteiger partial charge in [-0.1, -0.05) is 12.7 Å². The van der Waals surface area contributed by atoms with Crippen LogP contribution in [0, 0.1) is 0 Å². The number of aliphatic imine (C=N–C) groups is 1. The molecular formula is C21H21N5O2S. The van der Waals surface area contributed by atoms with Gasteiger partial charge in [-0.3, -0.25) is 0 Å². The summed E-state index contributed by atoms with van der Waals surface area (Å²) in [7, 11) is 0. The number of oxazole rings is 1. The highest BCUT2D eigenvalue weighted by atomic mass is 32.1. The van der Waals surface area contributed by atoms with Crippen molar-refractivity contribution in [2.45, 2.75) is 25.4 Å². The molecule has 3 aliphatic heterocycles. The molecule has 2 aromatic heterocycles. The molecule has 8 heteroatoms. The van der Waals surface area contributed by atoms with E-state index in [0.29, 0.717) is 40.8 Å². The minimum absolute atomic E-state index is 0.402. The number of piperidine rings is 1. The molecule has 3 fully saturated rings. The Morgan fingerprint density at radius 2 is 2.24 bits per heavy atom. The molecule has 0 aliphatic carbocycles. The molecule has 0 radical (unpaired) electrons. The summed E-state index contributed by atoms with van der Waals surface area (Å²) in [4.78, 5) is 15.7. The lowest BCUT2D eigenvalue weighted by atomic mass is 9.92. The average Bonchev–Trinajstić information content (AvgIpc) is 3.41. The Balaban J connectivity index is 1.58. The van der Waals surface area contributed by atoms with Crippen LogP contribution in [-0.4, -0.2) is 41.0 Å². The number of hydrogen-bond donors (Lipinski definition) is 1. The van der Waals surface area contributed by atoms with Gasteiger partial charge in [0.25, 0.3) is 6.01 Å². The fourth-order valence-electron chi connectivity index (χ4n) is 3.77. The van der Waals surface area contributed by atoms with Crippen LogP contribution in [0.3, 0.4) is 0 Å². The number of piperazine rings is 1.